The van der Waals surface area contributed by atoms with Crippen molar-refractivity contribution < 1.29 is 9.53 Å². The number of amides is 1. The molecule has 2 rings (SSSR count). The van der Waals surface area contributed by atoms with E-state index < -0.39 is 5.54 Å². The van der Waals surface area contributed by atoms with E-state index in [2.05, 4.69) is 19.2 Å². The Morgan fingerprint density at radius 3 is 2.67 bits per heavy atom. The van der Waals surface area contributed by atoms with Crippen LogP contribution in [0.25, 0.3) is 0 Å². The van der Waals surface area contributed by atoms with Crippen LogP contribution in [0.5, 0.6) is 0 Å². The molecule has 4 nitrogen and oxygen atoms in total. The molecular weight excluding hydrogens is 228 g/mol. The zero-order valence-electron chi connectivity index (χ0n) is 11.8. The van der Waals surface area contributed by atoms with Gasteiger partial charge in [0.15, 0.2) is 0 Å². The standard InChI is InChI=1S/C14H26N2O2/c1-10-5-4-6-14(15,9-10)12(17)16-13(3)7-8-18-11(13)2/h10-11H,4-9,15H2,1-3H3,(H,16,17). The van der Waals surface area contributed by atoms with Crippen molar-refractivity contribution in [3.8, 4) is 0 Å². The van der Waals surface area contributed by atoms with Gasteiger partial charge in [-0.2, -0.15) is 0 Å². The fraction of sp³-hybridized carbons (Fsp3) is 0.929. The maximum atomic E-state index is 12.5. The fourth-order valence-corrected chi connectivity index (χ4v) is 3.18. The Bertz CT molecular complexity index is 334. The molecule has 2 fully saturated rings. The van der Waals surface area contributed by atoms with Crippen molar-refractivity contribution in [1.82, 2.24) is 5.32 Å². The van der Waals surface area contributed by atoms with Gasteiger partial charge in [-0.15, -0.1) is 0 Å². The second-order valence-corrected chi connectivity index (χ2v) is 6.49. The first-order chi connectivity index (χ1) is 8.36. The first kappa shape index (κ1) is 13.8. The third-order valence-electron chi connectivity index (χ3n) is 4.77. The molecule has 4 heteroatoms. The number of nitrogens with two attached hydrogens (primary N) is 1. The van der Waals surface area contributed by atoms with Gasteiger partial charge in [0, 0.05) is 6.61 Å². The molecule has 0 bridgehead atoms. The monoisotopic (exact) mass is 254 g/mol. The van der Waals surface area contributed by atoms with E-state index in [1.54, 1.807) is 0 Å². The first-order valence-electron chi connectivity index (χ1n) is 7.09. The van der Waals surface area contributed by atoms with Crippen LogP contribution in [0.4, 0.5) is 0 Å². The number of carbonyl (C=O) groups is 1. The van der Waals surface area contributed by atoms with Crippen LogP contribution in [0, 0.1) is 5.92 Å². The maximum absolute atomic E-state index is 12.5. The molecule has 2 aliphatic rings. The molecule has 0 aromatic carbocycles. The number of ether oxygens (including phenoxy) is 1. The minimum absolute atomic E-state index is 0.00824. The average molecular weight is 254 g/mol. The van der Waals surface area contributed by atoms with E-state index in [4.69, 9.17) is 10.5 Å². The lowest BCUT2D eigenvalue weighted by atomic mass is 9.76. The highest BCUT2D eigenvalue weighted by molar-refractivity contribution is 5.86. The number of carbonyl (C=O) groups excluding carboxylic acids is 1. The van der Waals surface area contributed by atoms with Crippen LogP contribution in [-0.2, 0) is 9.53 Å². The van der Waals surface area contributed by atoms with Crippen LogP contribution in [-0.4, -0.2) is 29.7 Å². The van der Waals surface area contributed by atoms with Gasteiger partial charge in [0.05, 0.1) is 17.2 Å². The lowest BCUT2D eigenvalue weighted by Crippen LogP contribution is -2.62. The largest absolute Gasteiger partial charge is 0.376 e. The van der Waals surface area contributed by atoms with Gasteiger partial charge in [0.1, 0.15) is 0 Å². The Labute approximate surface area is 110 Å². The molecule has 18 heavy (non-hydrogen) atoms. The van der Waals surface area contributed by atoms with Gasteiger partial charge in [-0.25, -0.2) is 0 Å². The highest BCUT2D eigenvalue weighted by Crippen LogP contribution is 2.32. The van der Waals surface area contributed by atoms with Crippen molar-refractivity contribution in [3.63, 3.8) is 0 Å². The Balaban J connectivity index is 2.03. The normalized spacial score (nSPS) is 44.9. The van der Waals surface area contributed by atoms with Crippen LogP contribution in [0.15, 0.2) is 0 Å². The first-order valence-corrected chi connectivity index (χ1v) is 7.09. The summed E-state index contributed by atoms with van der Waals surface area (Å²) >= 11 is 0. The summed E-state index contributed by atoms with van der Waals surface area (Å²) in [4.78, 5) is 12.5. The summed E-state index contributed by atoms with van der Waals surface area (Å²) in [6.07, 6.45) is 4.76. The predicted molar refractivity (Wildman–Crippen MR) is 71.1 cm³/mol. The molecule has 1 saturated heterocycles. The minimum Gasteiger partial charge on any atom is -0.376 e. The summed E-state index contributed by atoms with van der Waals surface area (Å²) < 4.78 is 5.56. The Morgan fingerprint density at radius 1 is 1.39 bits per heavy atom. The Kier molecular flexibility index (Phi) is 3.70. The van der Waals surface area contributed by atoms with E-state index >= 15 is 0 Å². The van der Waals surface area contributed by atoms with Gasteiger partial charge in [-0.3, -0.25) is 4.79 Å². The van der Waals surface area contributed by atoms with Gasteiger partial charge in [0.2, 0.25) is 5.91 Å². The third-order valence-corrected chi connectivity index (χ3v) is 4.77. The summed E-state index contributed by atoms with van der Waals surface area (Å²) in [7, 11) is 0. The van der Waals surface area contributed by atoms with Crippen LogP contribution >= 0.6 is 0 Å². The third kappa shape index (κ3) is 2.54. The van der Waals surface area contributed by atoms with Crippen LogP contribution in [0.3, 0.4) is 0 Å². The number of nitrogens with one attached hydrogen (secondary N) is 1. The second-order valence-electron chi connectivity index (χ2n) is 6.49. The smallest absolute Gasteiger partial charge is 0.240 e. The lowest BCUT2D eigenvalue weighted by molar-refractivity contribution is -0.130. The van der Waals surface area contributed by atoms with E-state index in [1.807, 2.05) is 6.92 Å². The maximum Gasteiger partial charge on any atom is 0.240 e. The molecule has 0 radical (unpaired) electrons. The summed E-state index contributed by atoms with van der Waals surface area (Å²) in [5, 5.41) is 3.15. The quantitative estimate of drug-likeness (QED) is 0.786. The van der Waals surface area contributed by atoms with Crippen LogP contribution in [0.1, 0.15) is 52.9 Å². The molecule has 4 atom stereocenters. The highest BCUT2D eigenvalue weighted by atomic mass is 16.5. The average Bonchev–Trinajstić information content (AvgIpc) is 2.58. The van der Waals surface area contributed by atoms with E-state index in [1.165, 1.54) is 6.42 Å². The molecule has 0 spiro atoms. The zero-order chi connectivity index (χ0) is 13.4. The van der Waals surface area contributed by atoms with Crippen molar-refractivity contribution >= 4 is 5.91 Å². The molecular formula is C14H26N2O2. The topological polar surface area (TPSA) is 64.4 Å². The summed E-state index contributed by atoms with van der Waals surface area (Å²) in [6.45, 7) is 6.96. The highest BCUT2D eigenvalue weighted by Gasteiger charge is 2.44. The van der Waals surface area contributed by atoms with Crippen molar-refractivity contribution in [2.24, 2.45) is 11.7 Å². The molecule has 4 unspecified atom stereocenters. The molecule has 1 saturated carbocycles. The molecule has 1 amide bonds. The SMILES string of the molecule is CC1CCCC(N)(C(=O)NC2(C)CCOC2C)C1. The van der Waals surface area contributed by atoms with Crippen LogP contribution < -0.4 is 11.1 Å². The van der Waals surface area contributed by atoms with E-state index in [9.17, 15) is 4.79 Å². The Morgan fingerprint density at radius 2 is 2.11 bits per heavy atom. The molecule has 1 aliphatic carbocycles. The van der Waals surface area contributed by atoms with Crippen molar-refractivity contribution in [1.29, 1.82) is 0 Å². The summed E-state index contributed by atoms with van der Waals surface area (Å²) in [6, 6.07) is 0. The molecule has 0 aromatic rings. The zero-order valence-corrected chi connectivity index (χ0v) is 11.8. The van der Waals surface area contributed by atoms with E-state index in [0.717, 1.165) is 25.7 Å². The van der Waals surface area contributed by atoms with E-state index in [-0.39, 0.29) is 17.6 Å². The molecule has 3 N–H and O–H groups in total. The summed E-state index contributed by atoms with van der Waals surface area (Å²) in [5.41, 5.74) is 5.39. The molecule has 0 aromatic heterocycles. The molecule has 1 aliphatic heterocycles. The Hall–Kier alpha value is -0.610. The van der Waals surface area contributed by atoms with Crippen molar-refractivity contribution in [3.05, 3.63) is 0 Å². The van der Waals surface area contributed by atoms with Crippen molar-refractivity contribution in [2.75, 3.05) is 6.61 Å². The summed E-state index contributed by atoms with van der Waals surface area (Å²) in [5.74, 6) is 0.549. The van der Waals surface area contributed by atoms with Gasteiger partial charge >= 0.3 is 0 Å². The molecule has 1 heterocycles. The lowest BCUT2D eigenvalue weighted by Gasteiger charge is -2.39. The van der Waals surface area contributed by atoms with Gasteiger partial charge in [-0.05, 0) is 39.0 Å². The number of hydrogen-bond donors (Lipinski definition) is 2. The van der Waals surface area contributed by atoms with Gasteiger partial charge < -0.3 is 15.8 Å². The number of rotatable bonds is 2. The minimum atomic E-state index is -0.678. The predicted octanol–water partition coefficient (Wildman–Crippen LogP) is 1.58. The van der Waals surface area contributed by atoms with E-state index in [0.29, 0.717) is 12.5 Å². The van der Waals surface area contributed by atoms with Crippen LogP contribution in [0.2, 0.25) is 0 Å². The molecule has 104 valence electrons. The van der Waals surface area contributed by atoms with Gasteiger partial charge in [-0.1, -0.05) is 19.8 Å². The van der Waals surface area contributed by atoms with Crippen molar-refractivity contribution in [2.45, 2.75) is 70.1 Å². The van der Waals surface area contributed by atoms with Gasteiger partial charge in [0.25, 0.3) is 0 Å². The second kappa shape index (κ2) is 4.82. The fourth-order valence-electron chi connectivity index (χ4n) is 3.18. The number of hydrogen-bond acceptors (Lipinski definition) is 3.